The maximum absolute atomic E-state index is 13.5. The van der Waals surface area contributed by atoms with Gasteiger partial charge in [-0.1, -0.05) is 42.9 Å². The molecule has 0 saturated heterocycles. The molecule has 2 amide bonds. The lowest BCUT2D eigenvalue weighted by molar-refractivity contribution is -0.137. The summed E-state index contributed by atoms with van der Waals surface area (Å²) in [5, 5.41) is 11.2. The van der Waals surface area contributed by atoms with Crippen molar-refractivity contribution in [3.8, 4) is 5.75 Å². The highest BCUT2D eigenvalue weighted by atomic mass is 19.4. The molecular formula is C32H34F4N2O4. The zero-order valence-electron chi connectivity index (χ0n) is 23.5. The number of allylic oxidation sites excluding steroid dienone is 5. The maximum Gasteiger partial charge on any atom is 0.418 e. The lowest BCUT2D eigenvalue weighted by Gasteiger charge is -2.30. The quantitative estimate of drug-likeness (QED) is 0.194. The van der Waals surface area contributed by atoms with Gasteiger partial charge in [-0.2, -0.15) is 13.2 Å². The van der Waals surface area contributed by atoms with Gasteiger partial charge in [0.05, 0.1) is 29.9 Å². The van der Waals surface area contributed by atoms with Crippen LogP contribution in [0.1, 0.15) is 57.1 Å². The molecule has 2 N–H and O–H groups in total. The normalized spacial score (nSPS) is 18.3. The van der Waals surface area contributed by atoms with Crippen LogP contribution in [0.15, 0.2) is 66.3 Å². The number of aliphatic carboxylic acids is 1. The molecule has 1 heterocycles. The highest BCUT2D eigenvalue weighted by Crippen LogP contribution is 2.38. The minimum Gasteiger partial charge on any atom is -0.490 e. The molecule has 1 unspecified atom stereocenters. The largest absolute Gasteiger partial charge is 0.490 e. The van der Waals surface area contributed by atoms with Gasteiger partial charge in [-0.15, -0.1) is 0 Å². The fraction of sp³-hybridized carbons (Fsp3) is 0.375. The van der Waals surface area contributed by atoms with Gasteiger partial charge in [0.15, 0.2) is 0 Å². The van der Waals surface area contributed by atoms with E-state index in [4.69, 9.17) is 9.84 Å². The Hall–Kier alpha value is -4.08. The van der Waals surface area contributed by atoms with E-state index in [1.165, 1.54) is 10.5 Å². The molecule has 10 heteroatoms. The summed E-state index contributed by atoms with van der Waals surface area (Å²) in [6.07, 6.45) is 7.12. The number of halogens is 4. The molecule has 0 spiro atoms. The summed E-state index contributed by atoms with van der Waals surface area (Å²) in [7, 11) is 0. The molecule has 42 heavy (non-hydrogen) atoms. The van der Waals surface area contributed by atoms with Crippen molar-refractivity contribution in [1.82, 2.24) is 0 Å². The summed E-state index contributed by atoms with van der Waals surface area (Å²) < 4.78 is 59.5. The van der Waals surface area contributed by atoms with E-state index in [1.807, 2.05) is 25.1 Å². The van der Waals surface area contributed by atoms with Crippen molar-refractivity contribution in [2.45, 2.75) is 52.1 Å². The van der Waals surface area contributed by atoms with E-state index < -0.39 is 35.2 Å². The van der Waals surface area contributed by atoms with Crippen LogP contribution in [0.25, 0.3) is 5.57 Å². The molecule has 1 aliphatic carbocycles. The van der Waals surface area contributed by atoms with Crippen LogP contribution in [-0.2, 0) is 11.0 Å². The topological polar surface area (TPSA) is 78.9 Å². The number of nitrogens with one attached hydrogen (secondary N) is 1. The Bertz CT molecular complexity index is 1400. The SMILES string of the molecule is CC=C(C=CC(C)C1CCC(=CCC(=O)O)CC1)c1ccc2c(c1)OCCN2C(=O)Nc1ccc(F)cc1C(F)(F)F. The highest BCUT2D eigenvalue weighted by Gasteiger charge is 2.35. The Labute approximate surface area is 242 Å². The number of rotatable bonds is 7. The molecule has 4 rings (SSSR count). The number of carbonyl (C=O) groups is 2. The standard InChI is InChI=1S/C32H34F4N2O4/c1-3-22(8-4-20(2)23-9-5-21(6-10-23)7-15-30(39)40)24-11-14-28-29(18-24)42-17-16-38(28)31(41)37-27-13-12-25(33)19-26(27)32(34,35)36/h3-4,7-8,11-14,18-20,23H,5-6,9-10,15-17H2,1-2H3,(H,37,41)(H,39,40). The third-order valence-electron chi connectivity index (χ3n) is 7.80. The fourth-order valence-electron chi connectivity index (χ4n) is 5.40. The van der Waals surface area contributed by atoms with Crippen LogP contribution in [0.2, 0.25) is 0 Å². The number of nitrogens with zero attached hydrogens (tertiary/aromatic N) is 1. The average molecular weight is 587 g/mol. The van der Waals surface area contributed by atoms with Crippen LogP contribution in [0.5, 0.6) is 5.75 Å². The number of anilines is 2. The first-order chi connectivity index (χ1) is 20.0. The monoisotopic (exact) mass is 586 g/mol. The van der Waals surface area contributed by atoms with Gasteiger partial charge in [-0.05, 0) is 85.9 Å². The maximum atomic E-state index is 13.5. The van der Waals surface area contributed by atoms with Crippen LogP contribution in [0.3, 0.4) is 0 Å². The number of alkyl halides is 3. The predicted molar refractivity (Wildman–Crippen MR) is 154 cm³/mol. The molecular weight excluding hydrogens is 552 g/mol. The van der Waals surface area contributed by atoms with Crippen molar-refractivity contribution in [2.24, 2.45) is 11.8 Å². The summed E-state index contributed by atoms with van der Waals surface area (Å²) in [4.78, 5) is 25.2. The third kappa shape index (κ3) is 7.60. The number of hydrogen-bond donors (Lipinski definition) is 2. The fourth-order valence-corrected chi connectivity index (χ4v) is 5.40. The van der Waals surface area contributed by atoms with Crippen LogP contribution < -0.4 is 15.0 Å². The third-order valence-corrected chi connectivity index (χ3v) is 7.80. The Morgan fingerprint density at radius 2 is 1.90 bits per heavy atom. The molecule has 0 radical (unpaired) electrons. The summed E-state index contributed by atoms with van der Waals surface area (Å²) in [6.45, 7) is 4.38. The van der Waals surface area contributed by atoms with Crippen LogP contribution in [0.4, 0.5) is 33.7 Å². The van der Waals surface area contributed by atoms with Gasteiger partial charge in [-0.3, -0.25) is 9.69 Å². The van der Waals surface area contributed by atoms with Gasteiger partial charge >= 0.3 is 18.2 Å². The number of carbonyl (C=O) groups excluding carboxylic acids is 1. The number of amides is 2. The lowest BCUT2D eigenvalue weighted by Crippen LogP contribution is -2.41. The second-order valence-corrected chi connectivity index (χ2v) is 10.6. The highest BCUT2D eigenvalue weighted by molar-refractivity contribution is 6.03. The second-order valence-electron chi connectivity index (χ2n) is 10.6. The van der Waals surface area contributed by atoms with Crippen LogP contribution >= 0.6 is 0 Å². The number of fused-ring (bicyclic) bond motifs is 1. The molecule has 1 fully saturated rings. The van der Waals surface area contributed by atoms with Gasteiger partial charge in [0.2, 0.25) is 0 Å². The summed E-state index contributed by atoms with van der Waals surface area (Å²) in [5.74, 6) is -0.613. The van der Waals surface area contributed by atoms with Crippen molar-refractivity contribution >= 4 is 28.9 Å². The second kappa shape index (κ2) is 13.3. The zero-order valence-corrected chi connectivity index (χ0v) is 23.5. The number of carboxylic acid groups (broad SMARTS) is 1. The molecule has 0 bridgehead atoms. The van der Waals surface area contributed by atoms with Gasteiger partial charge in [0.25, 0.3) is 0 Å². The number of carboxylic acids is 1. The van der Waals surface area contributed by atoms with Crippen molar-refractivity contribution in [2.75, 3.05) is 23.4 Å². The Kier molecular flexibility index (Phi) is 9.75. The van der Waals surface area contributed by atoms with E-state index in [-0.39, 0.29) is 19.6 Å². The van der Waals surface area contributed by atoms with Crippen molar-refractivity contribution in [1.29, 1.82) is 0 Å². The Morgan fingerprint density at radius 3 is 2.57 bits per heavy atom. The molecule has 1 saturated carbocycles. The minimum absolute atomic E-state index is 0.0697. The van der Waals surface area contributed by atoms with Crippen LogP contribution in [-0.4, -0.2) is 30.3 Å². The van der Waals surface area contributed by atoms with E-state index in [1.54, 1.807) is 12.1 Å². The molecule has 1 atom stereocenters. The zero-order chi connectivity index (χ0) is 30.4. The Balaban J connectivity index is 1.44. The molecule has 2 aromatic carbocycles. The number of benzene rings is 2. The summed E-state index contributed by atoms with van der Waals surface area (Å²) >= 11 is 0. The number of urea groups is 1. The number of ether oxygens (including phenoxy) is 1. The number of hydrogen-bond acceptors (Lipinski definition) is 3. The molecule has 2 aliphatic rings. The minimum atomic E-state index is -4.84. The first-order valence-corrected chi connectivity index (χ1v) is 13.9. The summed E-state index contributed by atoms with van der Waals surface area (Å²) in [6, 6.07) is 6.67. The van der Waals surface area contributed by atoms with E-state index >= 15 is 0 Å². The molecule has 2 aromatic rings. The van der Waals surface area contributed by atoms with E-state index in [2.05, 4.69) is 24.4 Å². The van der Waals surface area contributed by atoms with Gasteiger partial charge in [-0.25, -0.2) is 9.18 Å². The smallest absolute Gasteiger partial charge is 0.418 e. The molecule has 224 valence electrons. The van der Waals surface area contributed by atoms with Crippen molar-refractivity contribution in [3.05, 3.63) is 83.2 Å². The Morgan fingerprint density at radius 1 is 1.17 bits per heavy atom. The first-order valence-electron chi connectivity index (χ1n) is 13.9. The molecule has 6 nitrogen and oxygen atoms in total. The van der Waals surface area contributed by atoms with E-state index in [0.29, 0.717) is 29.3 Å². The molecule has 1 aliphatic heterocycles. The van der Waals surface area contributed by atoms with Gasteiger partial charge in [0, 0.05) is 0 Å². The van der Waals surface area contributed by atoms with Crippen LogP contribution in [0, 0.1) is 17.7 Å². The van der Waals surface area contributed by atoms with E-state index in [9.17, 15) is 27.2 Å². The molecule has 0 aromatic heterocycles. The van der Waals surface area contributed by atoms with Crippen molar-refractivity contribution in [3.63, 3.8) is 0 Å². The lowest BCUT2D eigenvalue weighted by atomic mass is 9.78. The van der Waals surface area contributed by atoms with E-state index in [0.717, 1.165) is 49.0 Å². The van der Waals surface area contributed by atoms with Gasteiger partial charge in [0.1, 0.15) is 18.2 Å². The first kappa shape index (κ1) is 30.9. The van der Waals surface area contributed by atoms with Gasteiger partial charge < -0.3 is 15.2 Å². The predicted octanol–water partition coefficient (Wildman–Crippen LogP) is 8.46. The average Bonchev–Trinajstić information content (AvgIpc) is 2.96. The summed E-state index contributed by atoms with van der Waals surface area (Å²) in [5.41, 5.74) is 1.66. The van der Waals surface area contributed by atoms with Crippen molar-refractivity contribution < 1.29 is 37.0 Å².